The molecule has 2 nitrogen and oxygen atoms in total. The first-order valence-corrected chi connectivity index (χ1v) is 6.84. The number of ether oxygens (including phenoxy) is 1. The molecule has 0 saturated carbocycles. The van der Waals surface area contributed by atoms with Crippen molar-refractivity contribution < 1.29 is 18.6 Å². The smallest absolute Gasteiger partial charge is 0.142 e. The number of hydrogen-bond acceptors (Lipinski definition) is 2. The van der Waals surface area contributed by atoms with Gasteiger partial charge in [0.25, 0.3) is 0 Å². The van der Waals surface area contributed by atoms with Crippen LogP contribution in [0.5, 0.6) is 5.75 Å². The summed E-state index contributed by atoms with van der Waals surface area (Å²) in [6, 6.07) is 9.17. The Hall–Kier alpha value is -1.65. The highest BCUT2D eigenvalue weighted by atomic mass is 35.5. The number of rotatable bonds is 5. The van der Waals surface area contributed by atoms with E-state index in [9.17, 15) is 13.9 Å². The van der Waals surface area contributed by atoms with Crippen LogP contribution >= 0.6 is 11.6 Å². The van der Waals surface area contributed by atoms with Crippen LogP contribution < -0.4 is 4.74 Å². The Kier molecular flexibility index (Phi) is 5.15. The largest absolute Gasteiger partial charge is 0.497 e. The molecule has 0 bridgehead atoms. The molecule has 5 heteroatoms. The number of benzene rings is 2. The Morgan fingerprint density at radius 1 is 1.14 bits per heavy atom. The molecule has 1 unspecified atom stereocenters. The topological polar surface area (TPSA) is 29.5 Å². The van der Waals surface area contributed by atoms with Gasteiger partial charge in [0.05, 0.1) is 18.2 Å². The summed E-state index contributed by atoms with van der Waals surface area (Å²) in [5, 5.41) is 9.71. The van der Waals surface area contributed by atoms with Gasteiger partial charge in [0.2, 0.25) is 0 Å². The highest BCUT2D eigenvalue weighted by molar-refractivity contribution is 6.30. The molecule has 0 aliphatic rings. The normalized spacial score (nSPS) is 12.2. The minimum atomic E-state index is -1.08. The zero-order chi connectivity index (χ0) is 15.4. The second kappa shape index (κ2) is 6.87. The third-order valence-corrected chi connectivity index (χ3v) is 3.55. The van der Waals surface area contributed by atoms with Gasteiger partial charge in [-0.05, 0) is 42.7 Å². The maximum absolute atomic E-state index is 13.7. The quantitative estimate of drug-likeness (QED) is 0.834. The molecule has 0 spiro atoms. The summed E-state index contributed by atoms with van der Waals surface area (Å²) in [7, 11) is 1.58. The molecule has 0 aliphatic heterocycles. The van der Waals surface area contributed by atoms with Gasteiger partial charge in [0.1, 0.15) is 17.4 Å². The van der Waals surface area contributed by atoms with Crippen LogP contribution in [0.3, 0.4) is 0 Å². The van der Waals surface area contributed by atoms with Crippen molar-refractivity contribution in [3.05, 3.63) is 64.2 Å². The molecule has 0 aliphatic carbocycles. The van der Waals surface area contributed by atoms with E-state index in [0.29, 0.717) is 6.42 Å². The number of aryl methyl sites for hydroxylation is 1. The molecule has 0 heterocycles. The lowest BCUT2D eigenvalue weighted by Gasteiger charge is -2.13. The average molecular weight is 313 g/mol. The third kappa shape index (κ3) is 3.93. The average Bonchev–Trinajstić information content (AvgIpc) is 2.49. The van der Waals surface area contributed by atoms with Gasteiger partial charge in [-0.25, -0.2) is 8.78 Å². The molecule has 0 fully saturated rings. The van der Waals surface area contributed by atoms with Crippen molar-refractivity contribution in [1.29, 1.82) is 0 Å². The van der Waals surface area contributed by atoms with Crippen molar-refractivity contribution >= 4 is 11.6 Å². The molecule has 2 aromatic rings. The number of halogens is 3. The van der Waals surface area contributed by atoms with Crippen molar-refractivity contribution in [2.75, 3.05) is 7.11 Å². The second-order valence-electron chi connectivity index (χ2n) is 4.69. The molecule has 2 aromatic carbocycles. The molecule has 1 N–H and O–H groups in total. The van der Waals surface area contributed by atoms with E-state index in [4.69, 9.17) is 16.3 Å². The first kappa shape index (κ1) is 15.7. The lowest BCUT2D eigenvalue weighted by Crippen LogP contribution is -2.03. The number of aliphatic hydroxyl groups excluding tert-OH is 1. The molecule has 1 atom stereocenters. The minimum Gasteiger partial charge on any atom is -0.497 e. The van der Waals surface area contributed by atoms with E-state index in [1.807, 2.05) is 24.3 Å². The Balaban J connectivity index is 2.04. The molecule has 0 aromatic heterocycles. The Morgan fingerprint density at radius 2 is 1.81 bits per heavy atom. The fraction of sp³-hybridized carbons (Fsp3) is 0.250. The van der Waals surface area contributed by atoms with Gasteiger partial charge in [-0.1, -0.05) is 23.7 Å². The summed E-state index contributed by atoms with van der Waals surface area (Å²) in [5.74, 6) is -0.703. The van der Waals surface area contributed by atoms with Gasteiger partial charge < -0.3 is 9.84 Å². The number of methoxy groups -OCH3 is 1. The van der Waals surface area contributed by atoms with E-state index in [2.05, 4.69) is 0 Å². The minimum absolute atomic E-state index is 0.0783. The predicted octanol–water partition coefficient (Wildman–Crippen LogP) is 4.29. The van der Waals surface area contributed by atoms with E-state index in [-0.39, 0.29) is 17.0 Å². The zero-order valence-corrected chi connectivity index (χ0v) is 12.2. The first-order valence-electron chi connectivity index (χ1n) is 6.46. The monoisotopic (exact) mass is 312 g/mol. The van der Waals surface area contributed by atoms with Crippen molar-refractivity contribution in [1.82, 2.24) is 0 Å². The van der Waals surface area contributed by atoms with Gasteiger partial charge in [-0.3, -0.25) is 0 Å². The molecule has 0 radical (unpaired) electrons. The van der Waals surface area contributed by atoms with Crippen LogP contribution in [-0.2, 0) is 6.42 Å². The number of hydrogen-bond donors (Lipinski definition) is 1. The third-order valence-electron chi connectivity index (χ3n) is 3.26. The van der Waals surface area contributed by atoms with Crippen molar-refractivity contribution in [3.63, 3.8) is 0 Å². The van der Waals surface area contributed by atoms with Gasteiger partial charge in [-0.15, -0.1) is 0 Å². The standard InChI is InChI=1S/C16H15ClF2O2/c1-21-11-5-2-10(3-6-11)4-7-16(20)12-8-15(19)13(17)9-14(12)18/h2-3,5-6,8-9,16,20H,4,7H2,1H3. The lowest BCUT2D eigenvalue weighted by atomic mass is 10.0. The van der Waals surface area contributed by atoms with Crippen molar-refractivity contribution in [2.45, 2.75) is 18.9 Å². The predicted molar refractivity (Wildman–Crippen MR) is 77.6 cm³/mol. The Labute approximate surface area is 126 Å². The van der Waals surface area contributed by atoms with Crippen molar-refractivity contribution in [3.8, 4) is 5.75 Å². The molecule has 2 rings (SSSR count). The summed E-state index contributed by atoms with van der Waals surface area (Å²) in [4.78, 5) is 0. The van der Waals surface area contributed by atoms with E-state index in [1.54, 1.807) is 7.11 Å². The van der Waals surface area contributed by atoms with Crippen LogP contribution in [-0.4, -0.2) is 12.2 Å². The first-order chi connectivity index (χ1) is 10.0. The second-order valence-corrected chi connectivity index (χ2v) is 5.10. The zero-order valence-electron chi connectivity index (χ0n) is 11.4. The van der Waals surface area contributed by atoms with Gasteiger partial charge >= 0.3 is 0 Å². The Bertz CT molecular complexity index is 614. The van der Waals surface area contributed by atoms with Gasteiger partial charge in [-0.2, -0.15) is 0 Å². The van der Waals surface area contributed by atoms with E-state index >= 15 is 0 Å². The van der Waals surface area contributed by atoms with Crippen LogP contribution in [0.1, 0.15) is 23.7 Å². The lowest BCUT2D eigenvalue weighted by molar-refractivity contribution is 0.162. The summed E-state index contributed by atoms with van der Waals surface area (Å²) >= 11 is 5.48. The summed E-state index contributed by atoms with van der Waals surface area (Å²) in [6.07, 6.45) is -0.266. The van der Waals surface area contributed by atoms with E-state index in [1.165, 1.54) is 0 Å². The van der Waals surface area contributed by atoms with Crippen LogP contribution in [0.4, 0.5) is 8.78 Å². The summed E-state index contributed by atoms with van der Waals surface area (Å²) in [6.45, 7) is 0. The fourth-order valence-corrected chi connectivity index (χ4v) is 2.19. The molecular weight excluding hydrogens is 298 g/mol. The van der Waals surface area contributed by atoms with E-state index < -0.39 is 17.7 Å². The van der Waals surface area contributed by atoms with Gasteiger partial charge in [0.15, 0.2) is 0 Å². The Morgan fingerprint density at radius 3 is 2.43 bits per heavy atom. The maximum atomic E-state index is 13.7. The molecule has 0 saturated heterocycles. The van der Waals surface area contributed by atoms with Crippen LogP contribution in [0.15, 0.2) is 36.4 Å². The van der Waals surface area contributed by atoms with Crippen LogP contribution in [0.2, 0.25) is 5.02 Å². The molecule has 21 heavy (non-hydrogen) atoms. The molecule has 112 valence electrons. The van der Waals surface area contributed by atoms with Gasteiger partial charge in [0, 0.05) is 5.56 Å². The van der Waals surface area contributed by atoms with Crippen LogP contribution in [0, 0.1) is 11.6 Å². The fourth-order valence-electron chi connectivity index (χ4n) is 2.04. The maximum Gasteiger partial charge on any atom is 0.142 e. The SMILES string of the molecule is COc1ccc(CCC(O)c2cc(F)c(Cl)cc2F)cc1. The summed E-state index contributed by atoms with van der Waals surface area (Å²) in [5.41, 5.74) is 0.898. The molecule has 0 amide bonds. The highest BCUT2D eigenvalue weighted by Crippen LogP contribution is 2.26. The van der Waals surface area contributed by atoms with Crippen molar-refractivity contribution in [2.24, 2.45) is 0 Å². The van der Waals surface area contributed by atoms with Crippen LogP contribution in [0.25, 0.3) is 0 Å². The number of aliphatic hydroxyl groups is 1. The summed E-state index contributed by atoms with van der Waals surface area (Å²) < 4.78 is 32.1. The highest BCUT2D eigenvalue weighted by Gasteiger charge is 2.16. The van der Waals surface area contributed by atoms with E-state index in [0.717, 1.165) is 23.4 Å². The molecular formula is C16H15ClF2O2.